The van der Waals surface area contributed by atoms with Crippen LogP contribution in [-0.2, 0) is 4.74 Å². The summed E-state index contributed by atoms with van der Waals surface area (Å²) < 4.78 is 5.37. The van der Waals surface area contributed by atoms with E-state index < -0.39 is 5.91 Å². The molecule has 1 fully saturated rings. The summed E-state index contributed by atoms with van der Waals surface area (Å²) in [5.74, 6) is -0.612. The van der Waals surface area contributed by atoms with E-state index in [0.717, 1.165) is 6.42 Å². The van der Waals surface area contributed by atoms with Gasteiger partial charge in [-0.25, -0.2) is 0 Å². The minimum atomic E-state index is -0.528. The second-order valence-electron chi connectivity index (χ2n) is 5.27. The van der Waals surface area contributed by atoms with Gasteiger partial charge in [-0.15, -0.1) is 0 Å². The van der Waals surface area contributed by atoms with Crippen LogP contribution in [0, 0.1) is 0 Å². The molecule has 1 heterocycles. The van der Waals surface area contributed by atoms with Crippen molar-refractivity contribution < 1.29 is 14.3 Å². The molecular formula is C15H20N2O3. The number of primary amides is 1. The van der Waals surface area contributed by atoms with Crippen molar-refractivity contribution in [3.05, 3.63) is 35.4 Å². The molecule has 1 aliphatic rings. The maximum Gasteiger partial charge on any atom is 0.254 e. The smallest absolute Gasteiger partial charge is 0.254 e. The Kier molecular flexibility index (Phi) is 4.39. The third-order valence-electron chi connectivity index (χ3n) is 3.48. The summed E-state index contributed by atoms with van der Waals surface area (Å²) in [6.07, 6.45) is 0.847. The molecule has 1 unspecified atom stereocenters. The van der Waals surface area contributed by atoms with Gasteiger partial charge in [0.15, 0.2) is 0 Å². The van der Waals surface area contributed by atoms with E-state index in [1.807, 2.05) is 18.7 Å². The molecule has 1 atom stereocenters. The predicted octanol–water partition coefficient (Wildman–Crippen LogP) is 1.43. The highest BCUT2D eigenvalue weighted by Crippen LogP contribution is 2.19. The Morgan fingerprint density at radius 1 is 1.35 bits per heavy atom. The maximum atomic E-state index is 12.7. The molecule has 0 aromatic heterocycles. The van der Waals surface area contributed by atoms with Crippen LogP contribution in [0.25, 0.3) is 0 Å². The van der Waals surface area contributed by atoms with Gasteiger partial charge in [-0.3, -0.25) is 9.59 Å². The van der Waals surface area contributed by atoms with Crippen molar-refractivity contribution in [3.63, 3.8) is 0 Å². The Hall–Kier alpha value is -1.88. The summed E-state index contributed by atoms with van der Waals surface area (Å²) in [5.41, 5.74) is 6.09. The van der Waals surface area contributed by atoms with Crippen LogP contribution in [0.2, 0.25) is 0 Å². The third-order valence-corrected chi connectivity index (χ3v) is 3.48. The van der Waals surface area contributed by atoms with E-state index in [2.05, 4.69) is 0 Å². The number of rotatable bonds is 4. The molecule has 1 aliphatic heterocycles. The van der Waals surface area contributed by atoms with Crippen LogP contribution in [0.3, 0.4) is 0 Å². The van der Waals surface area contributed by atoms with E-state index in [9.17, 15) is 9.59 Å². The lowest BCUT2D eigenvalue weighted by atomic mass is 10.1. The zero-order valence-corrected chi connectivity index (χ0v) is 11.8. The second kappa shape index (κ2) is 6.05. The van der Waals surface area contributed by atoms with Crippen LogP contribution < -0.4 is 5.73 Å². The number of hydrogen-bond acceptors (Lipinski definition) is 3. The molecule has 0 saturated carbocycles. The van der Waals surface area contributed by atoms with Gasteiger partial charge in [0.1, 0.15) is 0 Å². The molecule has 2 amide bonds. The van der Waals surface area contributed by atoms with Gasteiger partial charge in [0.2, 0.25) is 5.91 Å². The highest BCUT2D eigenvalue weighted by molar-refractivity contribution is 5.99. The Labute approximate surface area is 118 Å². The quantitative estimate of drug-likeness (QED) is 0.904. The molecular weight excluding hydrogens is 256 g/mol. The molecule has 0 bridgehead atoms. The molecule has 1 aromatic rings. The lowest BCUT2D eigenvalue weighted by Crippen LogP contribution is -2.45. The summed E-state index contributed by atoms with van der Waals surface area (Å²) in [6, 6.07) is 6.72. The number of ether oxygens (including phenoxy) is 1. The average Bonchev–Trinajstić information content (AvgIpc) is 2.92. The number of benzene rings is 1. The summed E-state index contributed by atoms with van der Waals surface area (Å²) in [4.78, 5) is 25.7. The molecule has 2 rings (SSSR count). The van der Waals surface area contributed by atoms with E-state index >= 15 is 0 Å². The van der Waals surface area contributed by atoms with E-state index in [1.54, 1.807) is 24.3 Å². The van der Waals surface area contributed by atoms with Crippen molar-refractivity contribution in [1.82, 2.24) is 4.90 Å². The monoisotopic (exact) mass is 276 g/mol. The zero-order valence-electron chi connectivity index (χ0n) is 11.8. The number of amides is 2. The number of carbonyl (C=O) groups excluding carboxylic acids is 2. The SMILES string of the molecule is CC(C)N(C(=O)c1cccc(C(N)=O)c1)C1CCOC1. The Morgan fingerprint density at radius 2 is 2.05 bits per heavy atom. The van der Waals surface area contributed by atoms with Crippen LogP contribution in [-0.4, -0.2) is 42.0 Å². The highest BCUT2D eigenvalue weighted by atomic mass is 16.5. The van der Waals surface area contributed by atoms with Gasteiger partial charge in [0, 0.05) is 23.8 Å². The summed E-state index contributed by atoms with van der Waals surface area (Å²) in [7, 11) is 0. The van der Waals surface area contributed by atoms with Crippen molar-refractivity contribution in [2.75, 3.05) is 13.2 Å². The molecule has 1 aromatic carbocycles. The zero-order chi connectivity index (χ0) is 14.7. The standard InChI is InChI=1S/C15H20N2O3/c1-10(2)17(13-6-7-20-9-13)15(19)12-5-3-4-11(8-12)14(16)18/h3-5,8,10,13H,6-7,9H2,1-2H3,(H2,16,18). The fourth-order valence-electron chi connectivity index (χ4n) is 2.52. The lowest BCUT2D eigenvalue weighted by molar-refractivity contribution is 0.0581. The summed E-state index contributed by atoms with van der Waals surface area (Å²) >= 11 is 0. The second-order valence-corrected chi connectivity index (χ2v) is 5.27. The first-order valence-electron chi connectivity index (χ1n) is 6.81. The van der Waals surface area contributed by atoms with Crippen molar-refractivity contribution in [3.8, 4) is 0 Å². The minimum Gasteiger partial charge on any atom is -0.379 e. The van der Waals surface area contributed by atoms with Gasteiger partial charge < -0.3 is 15.4 Å². The van der Waals surface area contributed by atoms with E-state index in [0.29, 0.717) is 24.3 Å². The van der Waals surface area contributed by atoms with Crippen molar-refractivity contribution >= 4 is 11.8 Å². The molecule has 0 radical (unpaired) electrons. The van der Waals surface area contributed by atoms with Crippen molar-refractivity contribution in [1.29, 1.82) is 0 Å². The number of nitrogens with zero attached hydrogens (tertiary/aromatic N) is 1. The minimum absolute atomic E-state index is 0.0754. The van der Waals surface area contributed by atoms with Gasteiger partial charge in [-0.05, 0) is 38.5 Å². The van der Waals surface area contributed by atoms with E-state index in [-0.39, 0.29) is 18.0 Å². The first-order valence-corrected chi connectivity index (χ1v) is 6.81. The van der Waals surface area contributed by atoms with Crippen LogP contribution >= 0.6 is 0 Å². The van der Waals surface area contributed by atoms with Gasteiger partial charge in [0.25, 0.3) is 5.91 Å². The first kappa shape index (κ1) is 14.5. The highest BCUT2D eigenvalue weighted by Gasteiger charge is 2.30. The number of carbonyl (C=O) groups is 2. The molecule has 5 heteroatoms. The Balaban J connectivity index is 2.27. The van der Waals surface area contributed by atoms with Crippen LogP contribution in [0.5, 0.6) is 0 Å². The molecule has 5 nitrogen and oxygen atoms in total. The van der Waals surface area contributed by atoms with Crippen LogP contribution in [0.15, 0.2) is 24.3 Å². The van der Waals surface area contributed by atoms with Crippen LogP contribution in [0.1, 0.15) is 41.0 Å². The van der Waals surface area contributed by atoms with Gasteiger partial charge in [-0.2, -0.15) is 0 Å². The molecule has 2 N–H and O–H groups in total. The first-order chi connectivity index (χ1) is 9.50. The summed E-state index contributed by atoms with van der Waals surface area (Å²) in [6.45, 7) is 5.21. The van der Waals surface area contributed by atoms with E-state index in [4.69, 9.17) is 10.5 Å². The molecule has 1 saturated heterocycles. The number of nitrogens with two attached hydrogens (primary N) is 1. The molecule has 20 heavy (non-hydrogen) atoms. The van der Waals surface area contributed by atoms with Gasteiger partial charge in [0.05, 0.1) is 12.6 Å². The molecule has 108 valence electrons. The van der Waals surface area contributed by atoms with Crippen molar-refractivity contribution in [2.45, 2.75) is 32.4 Å². The fraction of sp³-hybridized carbons (Fsp3) is 0.467. The van der Waals surface area contributed by atoms with Gasteiger partial charge >= 0.3 is 0 Å². The topological polar surface area (TPSA) is 72.6 Å². The largest absolute Gasteiger partial charge is 0.379 e. The Bertz CT molecular complexity index is 508. The molecule has 0 spiro atoms. The normalized spacial score (nSPS) is 18.2. The van der Waals surface area contributed by atoms with Crippen LogP contribution in [0.4, 0.5) is 0 Å². The lowest BCUT2D eigenvalue weighted by Gasteiger charge is -2.32. The third kappa shape index (κ3) is 2.99. The molecule has 0 aliphatic carbocycles. The maximum absolute atomic E-state index is 12.7. The van der Waals surface area contributed by atoms with Gasteiger partial charge in [-0.1, -0.05) is 6.07 Å². The summed E-state index contributed by atoms with van der Waals surface area (Å²) in [5, 5.41) is 0. The average molecular weight is 276 g/mol. The predicted molar refractivity (Wildman–Crippen MR) is 75.5 cm³/mol. The fourth-order valence-corrected chi connectivity index (χ4v) is 2.52. The van der Waals surface area contributed by atoms with E-state index in [1.165, 1.54) is 0 Å². The van der Waals surface area contributed by atoms with Crippen molar-refractivity contribution in [2.24, 2.45) is 5.73 Å². The Morgan fingerprint density at radius 3 is 2.60 bits per heavy atom. The number of hydrogen-bond donors (Lipinski definition) is 1.